The van der Waals surface area contributed by atoms with Crippen LogP contribution in [-0.2, 0) is 11.3 Å². The Morgan fingerprint density at radius 2 is 1.97 bits per heavy atom. The molecule has 3 rings (SSSR count). The Hall–Kier alpha value is -3.25. The van der Waals surface area contributed by atoms with Gasteiger partial charge in [0.2, 0.25) is 0 Å². The standard InChI is InChI=1S/C25H30N4O4S/c1-5-6-11-27-22(30)18-14-29(13-17-9-7-16(12-26)8-10-17)23(31)20-19(15-34-21(18)20)28-24(32)33-25(2,3)4/h7-10,14,19H,5-6,11,13,15H2,1-4H3,(H,27,30)(H,28,32)/t19-/m0/s1. The Kier molecular flexibility index (Phi) is 8.05. The lowest BCUT2D eigenvalue weighted by Crippen LogP contribution is -2.38. The summed E-state index contributed by atoms with van der Waals surface area (Å²) in [6.07, 6.45) is 2.78. The van der Waals surface area contributed by atoms with Gasteiger partial charge in [-0.25, -0.2) is 4.79 Å². The lowest BCUT2D eigenvalue weighted by molar-refractivity contribution is 0.0508. The van der Waals surface area contributed by atoms with Crippen LogP contribution in [0.2, 0.25) is 0 Å². The van der Waals surface area contributed by atoms with E-state index in [0.29, 0.717) is 33.9 Å². The lowest BCUT2D eigenvalue weighted by Gasteiger charge is -2.22. The summed E-state index contributed by atoms with van der Waals surface area (Å²) in [5.41, 5.74) is 1.22. The minimum absolute atomic E-state index is 0.233. The summed E-state index contributed by atoms with van der Waals surface area (Å²) in [5.74, 6) is 0.184. The molecule has 0 bridgehead atoms. The highest BCUT2D eigenvalue weighted by Crippen LogP contribution is 2.38. The van der Waals surface area contributed by atoms with Crippen molar-refractivity contribution < 1.29 is 14.3 Å². The minimum Gasteiger partial charge on any atom is -0.444 e. The minimum atomic E-state index is -0.671. The van der Waals surface area contributed by atoms with Crippen molar-refractivity contribution in [3.63, 3.8) is 0 Å². The highest BCUT2D eigenvalue weighted by Gasteiger charge is 2.34. The van der Waals surface area contributed by atoms with Crippen LogP contribution < -0.4 is 16.2 Å². The van der Waals surface area contributed by atoms with Gasteiger partial charge in [0.25, 0.3) is 11.5 Å². The van der Waals surface area contributed by atoms with Gasteiger partial charge < -0.3 is 19.9 Å². The van der Waals surface area contributed by atoms with Crippen LogP contribution in [0, 0.1) is 11.3 Å². The molecule has 0 saturated carbocycles. The van der Waals surface area contributed by atoms with E-state index in [1.54, 1.807) is 51.2 Å². The molecule has 0 unspecified atom stereocenters. The second-order valence-electron chi connectivity index (χ2n) is 9.15. The molecule has 8 nitrogen and oxygen atoms in total. The van der Waals surface area contributed by atoms with Gasteiger partial charge in [0, 0.05) is 23.4 Å². The molecule has 1 aromatic carbocycles. The molecule has 2 aromatic rings. The molecule has 2 amide bonds. The summed E-state index contributed by atoms with van der Waals surface area (Å²) < 4.78 is 6.86. The summed E-state index contributed by atoms with van der Waals surface area (Å²) in [6, 6.07) is 8.45. The summed E-state index contributed by atoms with van der Waals surface area (Å²) in [6.45, 7) is 8.14. The number of benzene rings is 1. The number of carbonyl (C=O) groups excluding carboxylic acids is 2. The summed E-state index contributed by atoms with van der Waals surface area (Å²) >= 11 is 1.38. The molecule has 9 heteroatoms. The smallest absolute Gasteiger partial charge is 0.408 e. The molecule has 0 aliphatic carbocycles. The Labute approximate surface area is 203 Å². The fourth-order valence-electron chi connectivity index (χ4n) is 3.58. The molecule has 0 fully saturated rings. The average Bonchev–Trinajstić information content (AvgIpc) is 3.18. The number of rotatable bonds is 7. The Morgan fingerprint density at radius 3 is 2.59 bits per heavy atom. The lowest BCUT2D eigenvalue weighted by atomic mass is 10.1. The maximum absolute atomic E-state index is 13.5. The normalized spacial score (nSPS) is 14.7. The zero-order chi connectivity index (χ0) is 24.9. The van der Waals surface area contributed by atoms with Gasteiger partial charge in [0.15, 0.2) is 0 Å². The van der Waals surface area contributed by atoms with Crippen LogP contribution in [0.4, 0.5) is 4.79 Å². The molecular weight excluding hydrogens is 452 g/mol. The number of pyridine rings is 1. The van der Waals surface area contributed by atoms with E-state index in [4.69, 9.17) is 10.00 Å². The van der Waals surface area contributed by atoms with E-state index >= 15 is 0 Å². The maximum Gasteiger partial charge on any atom is 0.408 e. The van der Waals surface area contributed by atoms with Crippen LogP contribution in [0.15, 0.2) is 40.2 Å². The number of amides is 2. The zero-order valence-corrected chi connectivity index (χ0v) is 20.8. The van der Waals surface area contributed by atoms with Crippen molar-refractivity contribution >= 4 is 23.8 Å². The third kappa shape index (κ3) is 6.20. The van der Waals surface area contributed by atoms with Crippen LogP contribution in [0.1, 0.15) is 73.6 Å². The first-order valence-corrected chi connectivity index (χ1v) is 12.3. The maximum atomic E-state index is 13.5. The van der Waals surface area contributed by atoms with Crippen LogP contribution in [-0.4, -0.2) is 34.5 Å². The monoisotopic (exact) mass is 482 g/mol. The first-order valence-electron chi connectivity index (χ1n) is 11.3. The van der Waals surface area contributed by atoms with Crippen molar-refractivity contribution in [3.8, 4) is 6.07 Å². The van der Waals surface area contributed by atoms with Crippen molar-refractivity contribution in [1.82, 2.24) is 15.2 Å². The van der Waals surface area contributed by atoms with E-state index in [-0.39, 0.29) is 18.0 Å². The number of fused-ring (bicyclic) bond motifs is 1. The molecule has 1 aromatic heterocycles. The van der Waals surface area contributed by atoms with Gasteiger partial charge in [-0.15, -0.1) is 11.8 Å². The summed E-state index contributed by atoms with van der Waals surface area (Å²) in [7, 11) is 0. The number of carbonyl (C=O) groups is 2. The van der Waals surface area contributed by atoms with Crippen LogP contribution >= 0.6 is 11.8 Å². The van der Waals surface area contributed by atoms with Gasteiger partial charge in [-0.1, -0.05) is 25.5 Å². The van der Waals surface area contributed by atoms with Gasteiger partial charge >= 0.3 is 6.09 Å². The molecule has 0 radical (unpaired) electrons. The van der Waals surface area contributed by atoms with Crippen LogP contribution in [0.25, 0.3) is 0 Å². The van der Waals surface area contributed by atoms with E-state index in [2.05, 4.69) is 16.7 Å². The van der Waals surface area contributed by atoms with Crippen molar-refractivity contribution in [3.05, 3.63) is 63.1 Å². The second kappa shape index (κ2) is 10.8. The van der Waals surface area contributed by atoms with Crippen LogP contribution in [0.5, 0.6) is 0 Å². The average molecular weight is 483 g/mol. The number of thioether (sulfide) groups is 1. The van der Waals surface area contributed by atoms with Crippen molar-refractivity contribution in [2.45, 2.75) is 63.6 Å². The highest BCUT2D eigenvalue weighted by atomic mass is 32.2. The largest absolute Gasteiger partial charge is 0.444 e. The molecule has 1 aliphatic heterocycles. The van der Waals surface area contributed by atoms with E-state index < -0.39 is 17.7 Å². The number of nitriles is 1. The van der Waals surface area contributed by atoms with Gasteiger partial charge in [0.1, 0.15) is 5.60 Å². The van der Waals surface area contributed by atoms with E-state index in [1.165, 1.54) is 16.3 Å². The third-order valence-electron chi connectivity index (χ3n) is 5.20. The number of nitrogens with one attached hydrogen (secondary N) is 2. The molecule has 180 valence electrons. The second-order valence-corrected chi connectivity index (χ2v) is 10.2. The van der Waals surface area contributed by atoms with Gasteiger partial charge in [-0.3, -0.25) is 9.59 Å². The van der Waals surface area contributed by atoms with E-state index in [0.717, 1.165) is 18.4 Å². The number of unbranched alkanes of at least 4 members (excludes halogenated alkanes) is 1. The number of hydrogen-bond acceptors (Lipinski definition) is 6. The molecule has 0 saturated heterocycles. The first-order chi connectivity index (χ1) is 16.1. The zero-order valence-electron chi connectivity index (χ0n) is 19.9. The topological polar surface area (TPSA) is 113 Å². The number of nitrogens with zero attached hydrogens (tertiary/aromatic N) is 2. The molecule has 34 heavy (non-hydrogen) atoms. The highest BCUT2D eigenvalue weighted by molar-refractivity contribution is 7.99. The summed E-state index contributed by atoms with van der Waals surface area (Å²) in [4.78, 5) is 39.5. The molecule has 2 N–H and O–H groups in total. The Balaban J connectivity index is 1.98. The van der Waals surface area contributed by atoms with Gasteiger partial charge in [0.05, 0.1) is 35.3 Å². The Morgan fingerprint density at radius 1 is 1.26 bits per heavy atom. The van der Waals surface area contributed by atoms with E-state index in [1.807, 2.05) is 6.92 Å². The molecular formula is C25H30N4O4S. The fraction of sp³-hybridized carbons (Fsp3) is 0.440. The molecule has 1 aliphatic rings. The predicted octanol–water partition coefficient (Wildman–Crippen LogP) is 3.97. The van der Waals surface area contributed by atoms with E-state index in [9.17, 15) is 14.4 Å². The van der Waals surface area contributed by atoms with Crippen LogP contribution in [0.3, 0.4) is 0 Å². The first kappa shape index (κ1) is 25.4. The number of alkyl carbamates (subject to hydrolysis) is 1. The van der Waals surface area contributed by atoms with Crippen molar-refractivity contribution in [2.24, 2.45) is 0 Å². The fourth-order valence-corrected chi connectivity index (χ4v) is 4.85. The van der Waals surface area contributed by atoms with Crippen molar-refractivity contribution in [2.75, 3.05) is 12.3 Å². The number of aromatic nitrogens is 1. The molecule has 0 spiro atoms. The van der Waals surface area contributed by atoms with Gasteiger partial charge in [-0.05, 0) is 44.9 Å². The molecule has 2 heterocycles. The quantitative estimate of drug-likeness (QED) is 0.578. The molecule has 1 atom stereocenters. The van der Waals surface area contributed by atoms with Gasteiger partial charge in [-0.2, -0.15) is 5.26 Å². The third-order valence-corrected chi connectivity index (χ3v) is 6.42. The van der Waals surface area contributed by atoms with Crippen molar-refractivity contribution in [1.29, 1.82) is 5.26 Å². The number of hydrogen-bond donors (Lipinski definition) is 2. The number of ether oxygens (including phenoxy) is 1. The summed E-state index contributed by atoms with van der Waals surface area (Å²) in [5, 5.41) is 14.7. The predicted molar refractivity (Wildman–Crippen MR) is 131 cm³/mol. The SMILES string of the molecule is CCCCNC(=O)c1cn(Cc2ccc(C#N)cc2)c(=O)c2c1SC[C@@H]2NC(=O)OC(C)(C)C. The Bertz CT molecular complexity index is 1160.